The zero-order valence-electron chi connectivity index (χ0n) is 7.36. The molecule has 0 N–H and O–H groups in total. The lowest BCUT2D eigenvalue weighted by Gasteiger charge is -2.05. The van der Waals surface area contributed by atoms with Gasteiger partial charge in [0.15, 0.2) is 10.8 Å². The Labute approximate surface area is 96.1 Å². The van der Waals surface area contributed by atoms with E-state index in [2.05, 4.69) is 0 Å². The quantitative estimate of drug-likeness (QED) is 0.786. The molecule has 0 amide bonds. The highest BCUT2D eigenvalue weighted by Gasteiger charge is 2.37. The molecule has 9 heteroatoms. The van der Waals surface area contributed by atoms with Gasteiger partial charge < -0.3 is 0 Å². The van der Waals surface area contributed by atoms with Crippen LogP contribution in [0.2, 0.25) is 0 Å². The highest BCUT2D eigenvalue weighted by Crippen LogP contribution is 2.27. The predicted molar refractivity (Wildman–Crippen MR) is 51.9 cm³/mol. The van der Waals surface area contributed by atoms with Crippen LogP contribution in [0.1, 0.15) is 0 Å². The van der Waals surface area contributed by atoms with E-state index in [0.29, 0.717) is 0 Å². The van der Waals surface area contributed by atoms with Crippen molar-refractivity contribution in [2.24, 2.45) is 0 Å². The van der Waals surface area contributed by atoms with Crippen LogP contribution in [0, 0.1) is 0 Å². The van der Waals surface area contributed by atoms with Crippen molar-refractivity contribution in [3.8, 4) is 0 Å². The fourth-order valence-corrected chi connectivity index (χ4v) is 2.28. The maximum atomic E-state index is 12.0. The van der Waals surface area contributed by atoms with E-state index in [1.807, 2.05) is 0 Å². The third kappa shape index (κ3) is 3.19. The van der Waals surface area contributed by atoms with Crippen LogP contribution in [-0.4, -0.2) is 18.1 Å². The van der Waals surface area contributed by atoms with Gasteiger partial charge in [-0.15, -0.1) is 0 Å². The maximum Gasteiger partial charge on any atom is 0.475 e. The molecular weight excluding hydrogens is 289 g/mol. The summed E-state index contributed by atoms with van der Waals surface area (Å²) in [7, 11) is -2.21. The largest absolute Gasteiger partial charge is 0.475 e. The first-order valence-corrected chi connectivity index (χ1v) is 7.11. The molecule has 0 heterocycles. The van der Waals surface area contributed by atoms with E-state index in [4.69, 9.17) is 10.7 Å². The highest BCUT2D eigenvalue weighted by molar-refractivity contribution is 8.13. The molecule has 0 aliphatic carbocycles. The summed E-state index contributed by atoms with van der Waals surface area (Å²) in [5.74, 6) is 0. The van der Waals surface area contributed by atoms with E-state index < -0.39 is 30.3 Å². The third-order valence-electron chi connectivity index (χ3n) is 1.53. The number of rotatable bonds is 2. The van der Waals surface area contributed by atoms with Crippen molar-refractivity contribution in [1.82, 2.24) is 0 Å². The third-order valence-corrected chi connectivity index (χ3v) is 4.02. The van der Waals surface area contributed by atoms with Crippen molar-refractivity contribution in [3.63, 3.8) is 0 Å². The second kappa shape index (κ2) is 4.34. The number of hydrogen-bond acceptors (Lipinski definition) is 3. The lowest BCUT2D eigenvalue weighted by Crippen LogP contribution is -2.16. The normalized spacial score (nSPS) is 14.8. The molecule has 16 heavy (non-hydrogen) atoms. The maximum absolute atomic E-state index is 12.0. The predicted octanol–water partition coefficient (Wildman–Crippen LogP) is 2.24. The minimum Gasteiger partial charge on any atom is -0.245 e. The molecule has 0 spiro atoms. The van der Waals surface area contributed by atoms with E-state index in [0.717, 1.165) is 24.3 Å². The molecule has 0 aromatic heterocycles. The van der Waals surface area contributed by atoms with Crippen LogP contribution in [0.5, 0.6) is 0 Å². The highest BCUT2D eigenvalue weighted by atomic mass is 35.7. The average molecular weight is 293 g/mol. The monoisotopic (exact) mass is 292 g/mol. The first-order valence-electron chi connectivity index (χ1n) is 3.65. The fourth-order valence-electron chi connectivity index (χ4n) is 0.859. The van der Waals surface area contributed by atoms with Gasteiger partial charge in [-0.25, -0.2) is 12.6 Å². The van der Waals surface area contributed by atoms with Crippen LogP contribution in [0.3, 0.4) is 0 Å². The molecule has 1 atom stereocenters. The minimum atomic E-state index is -4.87. The second-order valence-electron chi connectivity index (χ2n) is 2.62. The second-order valence-corrected chi connectivity index (χ2v) is 6.66. The smallest absolute Gasteiger partial charge is 0.245 e. The van der Waals surface area contributed by atoms with Crippen molar-refractivity contribution < 1.29 is 25.8 Å². The van der Waals surface area contributed by atoms with Crippen molar-refractivity contribution >= 4 is 30.5 Å². The van der Waals surface area contributed by atoms with Crippen LogP contribution < -0.4 is 0 Å². The first-order chi connectivity index (χ1) is 7.12. The van der Waals surface area contributed by atoms with Gasteiger partial charge in [-0.2, -0.15) is 13.2 Å². The van der Waals surface area contributed by atoms with E-state index in [9.17, 15) is 25.8 Å². The van der Waals surface area contributed by atoms with Crippen molar-refractivity contribution in [2.45, 2.75) is 15.3 Å². The van der Waals surface area contributed by atoms with Crippen LogP contribution in [0.4, 0.5) is 13.2 Å². The molecule has 0 fully saturated rings. The van der Waals surface area contributed by atoms with Gasteiger partial charge in [0.2, 0.25) is 0 Å². The molecule has 1 unspecified atom stereocenters. The van der Waals surface area contributed by atoms with Gasteiger partial charge in [0.05, 0.1) is 4.90 Å². The Bertz CT molecular complexity index is 507. The van der Waals surface area contributed by atoms with Gasteiger partial charge in [-0.1, -0.05) is 0 Å². The van der Waals surface area contributed by atoms with Crippen molar-refractivity contribution in [1.29, 1.82) is 0 Å². The Hall–Kier alpha value is -0.600. The summed E-state index contributed by atoms with van der Waals surface area (Å²) in [5.41, 5.74) is -4.87. The Morgan fingerprint density at radius 2 is 1.56 bits per heavy atom. The van der Waals surface area contributed by atoms with E-state index in [1.54, 1.807) is 0 Å². The molecule has 90 valence electrons. The first kappa shape index (κ1) is 13.5. The summed E-state index contributed by atoms with van der Waals surface area (Å²) < 4.78 is 68.5. The molecule has 0 saturated carbocycles. The van der Waals surface area contributed by atoms with E-state index in [-0.39, 0.29) is 4.90 Å². The fraction of sp³-hybridized carbons (Fsp3) is 0.143. The van der Waals surface area contributed by atoms with Crippen LogP contribution in [0.15, 0.2) is 34.1 Å². The zero-order chi connectivity index (χ0) is 12.6. The molecular formula is C7H4ClF3O3S2. The van der Waals surface area contributed by atoms with Gasteiger partial charge in [0.25, 0.3) is 9.05 Å². The summed E-state index contributed by atoms with van der Waals surface area (Å²) in [6.07, 6.45) is 0. The molecule has 0 radical (unpaired) electrons. The molecule has 3 nitrogen and oxygen atoms in total. The summed E-state index contributed by atoms with van der Waals surface area (Å²) in [6.45, 7) is 0. The van der Waals surface area contributed by atoms with Crippen LogP contribution in [0.25, 0.3) is 0 Å². The molecule has 0 bridgehead atoms. The number of hydrogen-bond donors (Lipinski definition) is 0. The lowest BCUT2D eigenvalue weighted by atomic mass is 10.4. The standard InChI is InChI=1S/C7H4ClF3O3S2/c8-16(13,14)6-3-1-5(2-4-6)15(12)7(9,10)11/h1-4H. The van der Waals surface area contributed by atoms with E-state index in [1.165, 1.54) is 0 Å². The summed E-state index contributed by atoms with van der Waals surface area (Å²) >= 11 is 0. The molecule has 0 aliphatic rings. The van der Waals surface area contributed by atoms with Gasteiger partial charge in [-0.3, -0.25) is 0 Å². The Morgan fingerprint density at radius 3 is 1.88 bits per heavy atom. The molecule has 0 saturated heterocycles. The van der Waals surface area contributed by atoms with Gasteiger partial charge in [-0.05, 0) is 24.3 Å². The van der Waals surface area contributed by atoms with Crippen molar-refractivity contribution in [2.75, 3.05) is 0 Å². The lowest BCUT2D eigenvalue weighted by molar-refractivity contribution is -0.0384. The molecule has 0 aliphatic heterocycles. The Kier molecular flexibility index (Phi) is 3.65. The number of halogens is 4. The molecule has 1 aromatic carbocycles. The topological polar surface area (TPSA) is 51.2 Å². The summed E-state index contributed by atoms with van der Waals surface area (Å²) in [5, 5.41) is 0. The SMILES string of the molecule is O=S(c1ccc(S(=O)(=O)Cl)cc1)C(F)(F)F. The summed E-state index contributed by atoms with van der Waals surface area (Å²) in [4.78, 5) is -0.881. The van der Waals surface area contributed by atoms with Gasteiger partial charge in [0.1, 0.15) is 0 Å². The molecule has 1 rings (SSSR count). The number of alkyl halides is 3. The van der Waals surface area contributed by atoms with Gasteiger partial charge in [0, 0.05) is 15.6 Å². The van der Waals surface area contributed by atoms with Crippen LogP contribution >= 0.6 is 10.7 Å². The van der Waals surface area contributed by atoms with Gasteiger partial charge >= 0.3 is 5.51 Å². The zero-order valence-corrected chi connectivity index (χ0v) is 9.75. The molecule has 1 aromatic rings. The summed E-state index contributed by atoms with van der Waals surface area (Å²) in [6, 6.07) is 3.33. The van der Waals surface area contributed by atoms with Crippen LogP contribution in [-0.2, 0) is 19.9 Å². The minimum absolute atomic E-state index is 0.350. The Morgan fingerprint density at radius 1 is 1.12 bits per heavy atom. The Balaban J connectivity index is 3.10. The number of benzene rings is 1. The average Bonchev–Trinajstić information content (AvgIpc) is 2.14. The van der Waals surface area contributed by atoms with E-state index >= 15 is 0 Å². The van der Waals surface area contributed by atoms with Crippen molar-refractivity contribution in [3.05, 3.63) is 24.3 Å².